The van der Waals surface area contributed by atoms with Crippen LogP contribution in [-0.4, -0.2) is 39.0 Å². The van der Waals surface area contributed by atoms with Crippen LogP contribution in [0.3, 0.4) is 0 Å². The minimum Gasteiger partial charge on any atom is -0.396 e. The normalized spacial score (nSPS) is 17.0. The number of hydrogen-bond acceptors (Lipinski definition) is 4. The lowest BCUT2D eigenvalue weighted by Gasteiger charge is -2.40. The van der Waals surface area contributed by atoms with E-state index >= 15 is 0 Å². The number of aliphatic hydroxyl groups is 1. The highest BCUT2D eigenvalue weighted by molar-refractivity contribution is 7.91. The SMILES string of the molecule is O=S(=O)(c1ccccc1N1CC(CO)C1)C(F)F. The minimum absolute atomic E-state index is 0.0142. The van der Waals surface area contributed by atoms with Crippen molar-refractivity contribution in [1.82, 2.24) is 0 Å². The van der Waals surface area contributed by atoms with Crippen LogP contribution in [0, 0.1) is 5.92 Å². The summed E-state index contributed by atoms with van der Waals surface area (Å²) >= 11 is 0. The van der Waals surface area contributed by atoms with E-state index in [-0.39, 0.29) is 23.1 Å². The summed E-state index contributed by atoms with van der Waals surface area (Å²) in [5, 5.41) is 8.90. The predicted molar refractivity (Wildman–Crippen MR) is 62.4 cm³/mol. The van der Waals surface area contributed by atoms with Crippen molar-refractivity contribution in [2.45, 2.75) is 10.7 Å². The highest BCUT2D eigenvalue weighted by Gasteiger charge is 2.34. The summed E-state index contributed by atoms with van der Waals surface area (Å²) in [6.45, 7) is 0.971. The van der Waals surface area contributed by atoms with Crippen LogP contribution in [0.1, 0.15) is 0 Å². The first-order valence-corrected chi connectivity index (χ1v) is 6.98. The second-order valence-electron chi connectivity index (χ2n) is 4.23. The van der Waals surface area contributed by atoms with Crippen molar-refractivity contribution in [2.24, 2.45) is 5.92 Å². The smallest absolute Gasteiger partial charge is 0.341 e. The Hall–Kier alpha value is -1.21. The number of alkyl halides is 2. The van der Waals surface area contributed by atoms with E-state index in [2.05, 4.69) is 0 Å². The Bertz CT molecular complexity index is 527. The lowest BCUT2D eigenvalue weighted by molar-refractivity contribution is 0.200. The molecule has 0 amide bonds. The monoisotopic (exact) mass is 277 g/mol. The van der Waals surface area contributed by atoms with E-state index in [4.69, 9.17) is 5.11 Å². The first-order chi connectivity index (χ1) is 8.46. The number of benzene rings is 1. The molecule has 7 heteroatoms. The number of hydrogen-bond donors (Lipinski definition) is 1. The van der Waals surface area contributed by atoms with Gasteiger partial charge in [-0.3, -0.25) is 0 Å². The Morgan fingerprint density at radius 2 is 1.94 bits per heavy atom. The fourth-order valence-electron chi connectivity index (χ4n) is 1.94. The number of nitrogens with zero attached hydrogens (tertiary/aromatic N) is 1. The first-order valence-electron chi connectivity index (χ1n) is 5.43. The Balaban J connectivity index is 2.33. The molecular weight excluding hydrogens is 264 g/mol. The number of aliphatic hydroxyl groups excluding tert-OH is 1. The van der Waals surface area contributed by atoms with Gasteiger partial charge in [0.15, 0.2) is 0 Å². The summed E-state index contributed by atoms with van der Waals surface area (Å²) in [6.07, 6.45) is 0. The molecule has 0 unspecified atom stereocenters. The molecular formula is C11H13F2NO3S. The number of para-hydroxylation sites is 1. The standard InChI is InChI=1S/C11H13F2NO3S/c12-11(13)18(16,17)10-4-2-1-3-9(10)14-5-8(6-14)7-15/h1-4,8,11,15H,5-7H2. The molecule has 0 spiro atoms. The maximum absolute atomic E-state index is 12.6. The van der Waals surface area contributed by atoms with Gasteiger partial charge < -0.3 is 10.0 Å². The molecule has 0 radical (unpaired) electrons. The van der Waals surface area contributed by atoms with Crippen molar-refractivity contribution in [2.75, 3.05) is 24.6 Å². The Labute approximate surface area is 104 Å². The molecule has 1 fully saturated rings. The molecule has 1 heterocycles. The molecule has 1 N–H and O–H groups in total. The van der Waals surface area contributed by atoms with Crippen LogP contribution in [0.15, 0.2) is 29.2 Å². The van der Waals surface area contributed by atoms with Crippen LogP contribution >= 0.6 is 0 Å². The van der Waals surface area contributed by atoms with E-state index in [1.807, 2.05) is 0 Å². The van der Waals surface area contributed by atoms with Crippen LogP contribution in [-0.2, 0) is 9.84 Å². The van der Waals surface area contributed by atoms with Crippen molar-refractivity contribution < 1.29 is 22.3 Å². The van der Waals surface area contributed by atoms with Gasteiger partial charge in [-0.1, -0.05) is 12.1 Å². The average Bonchev–Trinajstić information content (AvgIpc) is 2.28. The van der Waals surface area contributed by atoms with E-state index in [0.717, 1.165) is 0 Å². The molecule has 2 rings (SSSR count). The summed E-state index contributed by atoms with van der Waals surface area (Å²) < 4.78 is 48.2. The van der Waals surface area contributed by atoms with Crippen LogP contribution in [0.4, 0.5) is 14.5 Å². The van der Waals surface area contributed by atoms with Crippen molar-refractivity contribution >= 4 is 15.5 Å². The number of anilines is 1. The second-order valence-corrected chi connectivity index (χ2v) is 6.11. The highest BCUT2D eigenvalue weighted by Crippen LogP contribution is 2.32. The van der Waals surface area contributed by atoms with Gasteiger partial charge in [-0.2, -0.15) is 8.78 Å². The van der Waals surface area contributed by atoms with Gasteiger partial charge in [-0.05, 0) is 12.1 Å². The topological polar surface area (TPSA) is 57.6 Å². The molecule has 4 nitrogen and oxygen atoms in total. The molecule has 0 atom stereocenters. The van der Waals surface area contributed by atoms with Crippen LogP contribution < -0.4 is 4.90 Å². The summed E-state index contributed by atoms with van der Waals surface area (Å²) in [7, 11) is -4.59. The zero-order chi connectivity index (χ0) is 13.3. The van der Waals surface area contributed by atoms with E-state index in [1.165, 1.54) is 18.2 Å². The molecule has 1 saturated heterocycles. The van der Waals surface area contributed by atoms with Gasteiger partial charge in [-0.15, -0.1) is 0 Å². The maximum Gasteiger partial charge on any atom is 0.341 e. The molecule has 18 heavy (non-hydrogen) atoms. The van der Waals surface area contributed by atoms with Gasteiger partial charge in [0.1, 0.15) is 0 Å². The van der Waals surface area contributed by atoms with Crippen LogP contribution in [0.5, 0.6) is 0 Å². The van der Waals surface area contributed by atoms with Gasteiger partial charge >= 0.3 is 5.76 Å². The van der Waals surface area contributed by atoms with Gasteiger partial charge in [0.2, 0.25) is 9.84 Å². The third-order valence-electron chi connectivity index (χ3n) is 2.96. The van der Waals surface area contributed by atoms with Gasteiger partial charge in [0.05, 0.1) is 10.6 Å². The molecule has 100 valence electrons. The highest BCUT2D eigenvalue weighted by atomic mass is 32.2. The van der Waals surface area contributed by atoms with Crippen molar-refractivity contribution in [3.05, 3.63) is 24.3 Å². The molecule has 1 aliphatic heterocycles. The Morgan fingerprint density at radius 3 is 2.50 bits per heavy atom. The lowest BCUT2D eigenvalue weighted by Crippen LogP contribution is -2.49. The van der Waals surface area contributed by atoms with Gasteiger partial charge in [0, 0.05) is 25.6 Å². The minimum atomic E-state index is -4.59. The lowest BCUT2D eigenvalue weighted by atomic mass is 10.0. The van der Waals surface area contributed by atoms with Crippen molar-refractivity contribution in [1.29, 1.82) is 0 Å². The molecule has 0 saturated carbocycles. The first kappa shape index (κ1) is 13.2. The van der Waals surface area contributed by atoms with E-state index in [0.29, 0.717) is 13.1 Å². The molecule has 0 bridgehead atoms. The van der Waals surface area contributed by atoms with E-state index < -0.39 is 15.6 Å². The van der Waals surface area contributed by atoms with E-state index in [1.54, 1.807) is 11.0 Å². The maximum atomic E-state index is 12.6. The Kier molecular flexibility index (Phi) is 3.54. The molecule has 0 aliphatic carbocycles. The third kappa shape index (κ3) is 2.20. The second kappa shape index (κ2) is 4.81. The Morgan fingerprint density at radius 1 is 1.33 bits per heavy atom. The van der Waals surface area contributed by atoms with Crippen LogP contribution in [0.25, 0.3) is 0 Å². The summed E-state index contributed by atoms with van der Waals surface area (Å²) in [5.74, 6) is -3.35. The number of halogens is 2. The largest absolute Gasteiger partial charge is 0.396 e. The van der Waals surface area contributed by atoms with Crippen molar-refractivity contribution in [3.63, 3.8) is 0 Å². The predicted octanol–water partition coefficient (Wildman–Crippen LogP) is 1.11. The molecule has 1 aromatic rings. The summed E-state index contributed by atoms with van der Waals surface area (Å²) in [6, 6.07) is 5.71. The van der Waals surface area contributed by atoms with Crippen molar-refractivity contribution in [3.8, 4) is 0 Å². The molecule has 1 aromatic carbocycles. The van der Waals surface area contributed by atoms with Crippen LogP contribution in [0.2, 0.25) is 0 Å². The third-order valence-corrected chi connectivity index (χ3v) is 4.39. The zero-order valence-corrected chi connectivity index (χ0v) is 10.3. The average molecular weight is 277 g/mol. The fraction of sp³-hybridized carbons (Fsp3) is 0.455. The summed E-state index contributed by atoms with van der Waals surface area (Å²) in [4.78, 5) is 1.33. The molecule has 0 aromatic heterocycles. The molecule has 1 aliphatic rings. The van der Waals surface area contributed by atoms with Gasteiger partial charge in [-0.25, -0.2) is 8.42 Å². The fourth-order valence-corrected chi connectivity index (χ4v) is 2.89. The quantitative estimate of drug-likeness (QED) is 0.895. The zero-order valence-electron chi connectivity index (χ0n) is 9.46. The van der Waals surface area contributed by atoms with Gasteiger partial charge in [0.25, 0.3) is 0 Å². The number of rotatable bonds is 4. The number of sulfone groups is 1. The van der Waals surface area contributed by atoms with E-state index in [9.17, 15) is 17.2 Å². The summed E-state index contributed by atoms with van der Waals surface area (Å²) in [5.41, 5.74) is 0.280.